The number of alkyl halides is 2. The fraction of sp³-hybridized carbons (Fsp3) is 0.474. The van der Waals surface area contributed by atoms with E-state index in [1.54, 1.807) is 10.8 Å². The molecule has 3 heterocycles. The molecular formula is C19H18B2F2IN3O. The van der Waals surface area contributed by atoms with Gasteiger partial charge in [-0.3, -0.25) is 4.98 Å². The molecule has 28 heavy (non-hydrogen) atoms. The molecule has 3 aromatic heterocycles. The number of hydrogen-bond donors (Lipinski definition) is 0. The molecule has 1 saturated carbocycles. The maximum absolute atomic E-state index is 13.6. The molecule has 0 amide bonds. The zero-order chi connectivity index (χ0) is 20.3. The fourth-order valence-corrected chi connectivity index (χ4v) is 4.81. The number of aryl methyl sites for hydroxylation is 2. The van der Waals surface area contributed by atoms with Gasteiger partial charge in [0.2, 0.25) is 5.92 Å². The molecule has 1 fully saturated rings. The van der Waals surface area contributed by atoms with Crippen molar-refractivity contribution in [1.82, 2.24) is 14.7 Å². The Morgan fingerprint density at radius 2 is 1.96 bits per heavy atom. The molecule has 3 aromatic rings. The minimum Gasteiger partial charge on any atom is -0.361 e. The molecule has 1 aliphatic carbocycles. The van der Waals surface area contributed by atoms with Crippen molar-refractivity contribution in [2.75, 3.05) is 0 Å². The van der Waals surface area contributed by atoms with Crippen LogP contribution in [-0.4, -0.2) is 36.3 Å². The highest BCUT2D eigenvalue weighted by Crippen LogP contribution is 2.42. The van der Waals surface area contributed by atoms with Gasteiger partial charge < -0.3 is 9.09 Å². The molecule has 1 aliphatic rings. The van der Waals surface area contributed by atoms with Crippen LogP contribution >= 0.6 is 22.6 Å². The monoisotopic (exact) mass is 491 g/mol. The maximum Gasteiger partial charge on any atom is 0.248 e. The van der Waals surface area contributed by atoms with Crippen molar-refractivity contribution >= 4 is 49.3 Å². The quantitative estimate of drug-likeness (QED) is 0.395. The van der Waals surface area contributed by atoms with Gasteiger partial charge in [0.15, 0.2) is 0 Å². The highest BCUT2D eigenvalue weighted by atomic mass is 127. The molecule has 4 nitrogen and oxygen atoms in total. The van der Waals surface area contributed by atoms with Crippen LogP contribution in [0.2, 0.25) is 0 Å². The molecule has 0 aromatic carbocycles. The lowest BCUT2D eigenvalue weighted by molar-refractivity contribution is -0.0498. The molecule has 0 bridgehead atoms. The van der Waals surface area contributed by atoms with Gasteiger partial charge in [-0.25, -0.2) is 8.78 Å². The molecule has 142 valence electrons. The minimum atomic E-state index is -2.63. The predicted molar refractivity (Wildman–Crippen MR) is 114 cm³/mol. The van der Waals surface area contributed by atoms with Gasteiger partial charge in [0.25, 0.3) is 0 Å². The number of nitrogens with zero attached hydrogens (tertiary/aromatic N) is 3. The van der Waals surface area contributed by atoms with Gasteiger partial charge in [0.1, 0.15) is 11.3 Å². The molecule has 4 rings (SSSR count). The lowest BCUT2D eigenvalue weighted by Crippen LogP contribution is -2.45. The number of hydrogen-bond acceptors (Lipinski definition) is 3. The van der Waals surface area contributed by atoms with Crippen LogP contribution in [0.3, 0.4) is 0 Å². The van der Waals surface area contributed by atoms with Gasteiger partial charge in [0, 0.05) is 36.4 Å². The van der Waals surface area contributed by atoms with E-state index in [2.05, 4.69) is 32.7 Å². The van der Waals surface area contributed by atoms with Crippen LogP contribution in [0.25, 0.3) is 22.2 Å². The Kier molecular flexibility index (Phi) is 4.87. The summed E-state index contributed by atoms with van der Waals surface area (Å²) >= 11 is 2.19. The molecule has 0 atom stereocenters. The summed E-state index contributed by atoms with van der Waals surface area (Å²) in [7, 11) is 13.1. The first-order chi connectivity index (χ1) is 13.1. The van der Waals surface area contributed by atoms with Crippen molar-refractivity contribution in [3.8, 4) is 11.1 Å². The Morgan fingerprint density at radius 3 is 2.57 bits per heavy atom. The topological polar surface area (TPSA) is 43.9 Å². The molecule has 0 unspecified atom stereocenters. The van der Waals surface area contributed by atoms with Gasteiger partial charge in [0.05, 0.1) is 30.5 Å². The van der Waals surface area contributed by atoms with Crippen molar-refractivity contribution in [3.63, 3.8) is 0 Å². The third kappa shape index (κ3) is 3.29. The summed E-state index contributed by atoms with van der Waals surface area (Å²) in [5, 5.41) is 2.72. The standard InChI is InChI=1S/C19H18B2F2IN3O/c1-10-16(11(2)28-26-10)12-7-15-17(25-8-12)14(24)9-27(15)19(20,21)13-3-5-18(22,23)6-4-13/h7-9,13H,3-6H2,1-2H3. The SMILES string of the molecule is [B]C([B])(C1CCC(F)(F)CC1)n1cc(I)c2ncc(-c3c(C)noc3C)cc21. The van der Waals surface area contributed by atoms with Crippen molar-refractivity contribution in [3.05, 3.63) is 33.5 Å². The minimum absolute atomic E-state index is 0.188. The zero-order valence-corrected chi connectivity index (χ0v) is 17.8. The Morgan fingerprint density at radius 1 is 1.29 bits per heavy atom. The van der Waals surface area contributed by atoms with Crippen LogP contribution in [0, 0.1) is 23.3 Å². The number of pyridine rings is 1. The summed E-state index contributed by atoms with van der Waals surface area (Å²) in [5.41, 5.74) is 4.05. The van der Waals surface area contributed by atoms with E-state index in [0.717, 1.165) is 31.4 Å². The largest absolute Gasteiger partial charge is 0.361 e. The fourth-order valence-electron chi connectivity index (χ4n) is 4.12. The van der Waals surface area contributed by atoms with E-state index in [4.69, 9.17) is 20.2 Å². The van der Waals surface area contributed by atoms with Crippen molar-refractivity contribution in [2.24, 2.45) is 5.92 Å². The zero-order valence-electron chi connectivity index (χ0n) is 15.7. The van der Waals surface area contributed by atoms with E-state index in [9.17, 15) is 8.78 Å². The van der Waals surface area contributed by atoms with Crippen molar-refractivity contribution < 1.29 is 13.3 Å². The molecular weight excluding hydrogens is 473 g/mol. The number of halogens is 3. The van der Waals surface area contributed by atoms with E-state index >= 15 is 0 Å². The summed E-state index contributed by atoms with van der Waals surface area (Å²) in [4.78, 5) is 4.59. The summed E-state index contributed by atoms with van der Waals surface area (Å²) in [6.45, 7) is 3.72. The van der Waals surface area contributed by atoms with Crippen molar-refractivity contribution in [2.45, 2.75) is 50.8 Å². The predicted octanol–water partition coefficient (Wildman–Crippen LogP) is 4.69. The summed E-state index contributed by atoms with van der Waals surface area (Å²) < 4.78 is 35.2. The van der Waals surface area contributed by atoms with E-state index < -0.39 is 11.3 Å². The second-order valence-electron chi connectivity index (χ2n) is 7.66. The number of fused-ring (bicyclic) bond motifs is 1. The van der Waals surface area contributed by atoms with Gasteiger partial charge in [-0.1, -0.05) is 5.16 Å². The summed E-state index contributed by atoms with van der Waals surface area (Å²) in [6, 6.07) is 1.96. The smallest absolute Gasteiger partial charge is 0.248 e. The molecule has 0 aliphatic heterocycles. The third-order valence-corrected chi connectivity index (χ3v) is 6.50. The van der Waals surface area contributed by atoms with E-state index in [1.165, 1.54) is 0 Å². The van der Waals surface area contributed by atoms with Crippen molar-refractivity contribution in [1.29, 1.82) is 0 Å². The Labute approximate surface area is 178 Å². The van der Waals surface area contributed by atoms with Gasteiger partial charge >= 0.3 is 0 Å². The first kappa shape index (κ1) is 19.9. The van der Waals surface area contributed by atoms with Crippen LogP contribution in [0.5, 0.6) is 0 Å². The second kappa shape index (κ2) is 6.85. The molecule has 0 spiro atoms. The van der Waals surface area contributed by atoms with Gasteiger partial charge in [-0.15, -0.1) is 0 Å². The summed E-state index contributed by atoms with van der Waals surface area (Å²) in [5.74, 6) is -2.17. The molecule has 0 saturated heterocycles. The average Bonchev–Trinajstić information content (AvgIpc) is 3.14. The van der Waals surface area contributed by atoms with E-state index in [1.807, 2.05) is 26.1 Å². The van der Waals surface area contributed by atoms with E-state index in [-0.39, 0.29) is 31.6 Å². The summed E-state index contributed by atoms with van der Waals surface area (Å²) in [6.07, 6.45) is 3.82. The molecule has 9 heteroatoms. The van der Waals surface area contributed by atoms with Crippen LogP contribution in [0.4, 0.5) is 8.78 Å². The normalized spacial score (nSPS) is 18.0. The molecule has 0 N–H and O–H groups in total. The number of aromatic nitrogens is 3. The Balaban J connectivity index is 1.80. The lowest BCUT2D eigenvalue weighted by atomic mass is 9.52. The first-order valence-corrected chi connectivity index (χ1v) is 10.2. The highest BCUT2D eigenvalue weighted by molar-refractivity contribution is 14.1. The average molecular weight is 491 g/mol. The van der Waals surface area contributed by atoms with E-state index in [0.29, 0.717) is 5.76 Å². The lowest BCUT2D eigenvalue weighted by Gasteiger charge is -2.42. The van der Waals surface area contributed by atoms with Gasteiger partial charge in [-0.2, -0.15) is 0 Å². The Hall–Kier alpha value is -1.38. The van der Waals surface area contributed by atoms with Crippen LogP contribution in [0.15, 0.2) is 23.0 Å². The van der Waals surface area contributed by atoms with Crippen LogP contribution < -0.4 is 0 Å². The van der Waals surface area contributed by atoms with Crippen LogP contribution in [0.1, 0.15) is 37.1 Å². The third-order valence-electron chi connectivity index (χ3n) is 5.71. The molecule has 4 radical (unpaired) electrons. The Bertz CT molecular complexity index is 1020. The van der Waals surface area contributed by atoms with Crippen LogP contribution in [-0.2, 0) is 5.34 Å². The van der Waals surface area contributed by atoms with Gasteiger partial charge in [-0.05, 0) is 66.6 Å². The number of rotatable bonds is 3. The first-order valence-electron chi connectivity index (χ1n) is 9.16. The second-order valence-corrected chi connectivity index (χ2v) is 8.82. The maximum atomic E-state index is 13.6. The highest BCUT2D eigenvalue weighted by Gasteiger charge is 2.41.